The molecule has 1 saturated heterocycles. The summed E-state index contributed by atoms with van der Waals surface area (Å²) < 4.78 is 0. The average Bonchev–Trinajstić information content (AvgIpc) is 2.90. The van der Waals surface area contributed by atoms with Gasteiger partial charge in [0.25, 0.3) is 0 Å². The van der Waals surface area contributed by atoms with Crippen LogP contribution in [0.5, 0.6) is 0 Å². The minimum Gasteiger partial charge on any atom is -0.302 e. The molecule has 0 spiro atoms. The van der Waals surface area contributed by atoms with Gasteiger partial charge in [0.2, 0.25) is 0 Å². The third-order valence-corrected chi connectivity index (χ3v) is 5.26. The van der Waals surface area contributed by atoms with Gasteiger partial charge in [0.15, 0.2) is 0 Å². The zero-order valence-electron chi connectivity index (χ0n) is 9.50. The van der Waals surface area contributed by atoms with Crippen LogP contribution in [-0.2, 0) is 5.41 Å². The molecule has 3 heteroatoms. The smallest absolute Gasteiger partial charge is 0.0595 e. The zero-order valence-corrected chi connectivity index (χ0v) is 11.0. The van der Waals surface area contributed by atoms with Crippen LogP contribution in [0, 0.1) is 5.92 Å². The number of likely N-dealkylation sites (N-methyl/N-ethyl adjacent to an activating group) is 1. The lowest BCUT2D eigenvalue weighted by Crippen LogP contribution is -2.33. The van der Waals surface area contributed by atoms with Gasteiger partial charge in [-0.1, -0.05) is 29.3 Å². The monoisotopic (exact) mass is 255 g/mol. The molecule has 0 bridgehead atoms. The molecule has 2 fully saturated rings. The number of nitrogens with zero attached hydrogens (tertiary/aromatic N) is 1. The molecular weight excluding hydrogens is 241 g/mol. The second-order valence-corrected chi connectivity index (χ2v) is 6.00. The molecule has 16 heavy (non-hydrogen) atoms. The lowest BCUT2D eigenvalue weighted by Gasteiger charge is -2.26. The second kappa shape index (κ2) is 3.38. The first-order chi connectivity index (χ1) is 7.55. The quantitative estimate of drug-likeness (QED) is 0.742. The van der Waals surface area contributed by atoms with E-state index in [0.717, 1.165) is 5.92 Å². The fraction of sp³-hybridized carbons (Fsp3) is 0.538. The number of benzene rings is 1. The van der Waals surface area contributed by atoms with Gasteiger partial charge in [-0.05, 0) is 44.0 Å². The highest BCUT2D eigenvalue weighted by molar-refractivity contribution is 6.42. The molecule has 3 rings (SSSR count). The lowest BCUT2D eigenvalue weighted by atomic mass is 9.89. The maximum atomic E-state index is 6.11. The predicted molar refractivity (Wildman–Crippen MR) is 68.3 cm³/mol. The van der Waals surface area contributed by atoms with Crippen LogP contribution in [0.15, 0.2) is 18.2 Å². The normalized spacial score (nSPS) is 37.5. The molecule has 0 radical (unpaired) electrons. The average molecular weight is 256 g/mol. The van der Waals surface area contributed by atoms with Gasteiger partial charge in [-0.25, -0.2) is 0 Å². The molecule has 86 valence electrons. The van der Waals surface area contributed by atoms with Crippen LogP contribution < -0.4 is 0 Å². The van der Waals surface area contributed by atoms with E-state index in [9.17, 15) is 0 Å². The van der Waals surface area contributed by atoms with Crippen molar-refractivity contribution in [1.82, 2.24) is 4.90 Å². The molecule has 2 aliphatic rings. The molecule has 1 aromatic rings. The Labute approximate surface area is 106 Å². The first-order valence-electron chi connectivity index (χ1n) is 5.71. The number of halogens is 2. The Morgan fingerprint density at radius 2 is 2.06 bits per heavy atom. The molecule has 1 nitrogen and oxygen atoms in total. The van der Waals surface area contributed by atoms with Gasteiger partial charge in [0.05, 0.1) is 10.0 Å². The van der Waals surface area contributed by atoms with Crippen molar-refractivity contribution in [2.45, 2.75) is 24.8 Å². The number of hydrogen-bond acceptors (Lipinski definition) is 1. The van der Waals surface area contributed by atoms with Gasteiger partial charge >= 0.3 is 0 Å². The largest absolute Gasteiger partial charge is 0.302 e. The van der Waals surface area contributed by atoms with Crippen LogP contribution in [0.2, 0.25) is 10.0 Å². The maximum absolute atomic E-state index is 6.11. The van der Waals surface area contributed by atoms with Gasteiger partial charge in [0.1, 0.15) is 0 Å². The minimum atomic E-state index is 0.350. The molecule has 1 heterocycles. The third-order valence-electron chi connectivity index (χ3n) is 4.52. The molecule has 1 saturated carbocycles. The highest BCUT2D eigenvalue weighted by Crippen LogP contribution is 2.62. The van der Waals surface area contributed by atoms with Crippen LogP contribution in [0.3, 0.4) is 0 Å². The van der Waals surface area contributed by atoms with Gasteiger partial charge in [0, 0.05) is 18.0 Å². The SMILES string of the molecule is CC1N(C)C[C@H]2C[C@@]12c1ccc(Cl)c(Cl)c1. The minimum absolute atomic E-state index is 0.350. The standard InChI is InChI=1S/C13H15Cl2N/c1-8-13(6-10(13)7-16(8)2)9-3-4-11(14)12(15)5-9/h3-5,8,10H,6-7H2,1-2H3/t8?,10-,13+/m1/s1. The van der Waals surface area contributed by atoms with Crippen LogP contribution in [0.25, 0.3) is 0 Å². The number of piperidine rings is 1. The van der Waals surface area contributed by atoms with E-state index in [1.165, 1.54) is 18.5 Å². The number of fused-ring (bicyclic) bond motifs is 1. The number of likely N-dealkylation sites (tertiary alicyclic amines) is 1. The van der Waals surface area contributed by atoms with Crippen LogP contribution in [-0.4, -0.2) is 24.5 Å². The van der Waals surface area contributed by atoms with E-state index in [4.69, 9.17) is 23.2 Å². The summed E-state index contributed by atoms with van der Waals surface area (Å²) in [5.74, 6) is 0.810. The molecule has 1 unspecified atom stereocenters. The summed E-state index contributed by atoms with van der Waals surface area (Å²) in [4.78, 5) is 2.44. The van der Waals surface area contributed by atoms with Crippen molar-refractivity contribution in [3.8, 4) is 0 Å². The Balaban J connectivity index is 2.02. The van der Waals surface area contributed by atoms with Gasteiger partial charge in [-0.15, -0.1) is 0 Å². The first-order valence-corrected chi connectivity index (χ1v) is 6.47. The molecule has 0 aromatic heterocycles. The van der Waals surface area contributed by atoms with Gasteiger partial charge in [-0.3, -0.25) is 0 Å². The van der Waals surface area contributed by atoms with Crippen LogP contribution in [0.1, 0.15) is 18.9 Å². The fourth-order valence-corrected chi connectivity index (χ4v) is 3.67. The van der Waals surface area contributed by atoms with Crippen molar-refractivity contribution in [3.05, 3.63) is 33.8 Å². The summed E-state index contributed by atoms with van der Waals surface area (Å²) in [6.07, 6.45) is 1.30. The van der Waals surface area contributed by atoms with Crippen molar-refractivity contribution in [2.75, 3.05) is 13.6 Å². The van der Waals surface area contributed by atoms with Crippen molar-refractivity contribution >= 4 is 23.2 Å². The molecule has 1 aliphatic heterocycles. The maximum Gasteiger partial charge on any atom is 0.0595 e. The van der Waals surface area contributed by atoms with Crippen LogP contribution in [0.4, 0.5) is 0 Å². The van der Waals surface area contributed by atoms with E-state index in [-0.39, 0.29) is 0 Å². The Bertz CT molecular complexity index is 446. The molecule has 0 N–H and O–H groups in total. The van der Waals surface area contributed by atoms with Crippen molar-refractivity contribution in [1.29, 1.82) is 0 Å². The Morgan fingerprint density at radius 1 is 1.31 bits per heavy atom. The molecule has 1 aromatic carbocycles. The molecule has 1 aliphatic carbocycles. The van der Waals surface area contributed by atoms with Crippen molar-refractivity contribution in [3.63, 3.8) is 0 Å². The molecule has 0 amide bonds. The number of hydrogen-bond donors (Lipinski definition) is 0. The van der Waals surface area contributed by atoms with E-state index in [1.807, 2.05) is 6.07 Å². The Kier molecular flexibility index (Phi) is 2.30. The summed E-state index contributed by atoms with van der Waals surface area (Å²) in [6, 6.07) is 6.73. The number of rotatable bonds is 1. The second-order valence-electron chi connectivity index (χ2n) is 5.19. The highest BCUT2D eigenvalue weighted by Gasteiger charge is 2.64. The highest BCUT2D eigenvalue weighted by atomic mass is 35.5. The Morgan fingerprint density at radius 3 is 2.62 bits per heavy atom. The van der Waals surface area contributed by atoms with E-state index < -0.39 is 0 Å². The van der Waals surface area contributed by atoms with E-state index >= 15 is 0 Å². The summed E-state index contributed by atoms with van der Waals surface area (Å²) in [7, 11) is 2.20. The van der Waals surface area contributed by atoms with E-state index in [1.54, 1.807) is 0 Å². The summed E-state index contributed by atoms with van der Waals surface area (Å²) in [5.41, 5.74) is 1.71. The predicted octanol–water partition coefficient (Wildman–Crippen LogP) is 3.59. The fourth-order valence-electron chi connectivity index (χ4n) is 3.37. The van der Waals surface area contributed by atoms with Crippen LogP contribution >= 0.6 is 23.2 Å². The van der Waals surface area contributed by atoms with Gasteiger partial charge < -0.3 is 4.90 Å². The molecule has 3 atom stereocenters. The third kappa shape index (κ3) is 1.28. The van der Waals surface area contributed by atoms with Crippen molar-refractivity contribution < 1.29 is 0 Å². The van der Waals surface area contributed by atoms with Crippen molar-refractivity contribution in [2.24, 2.45) is 5.92 Å². The molecular formula is C13H15Cl2N. The lowest BCUT2D eigenvalue weighted by molar-refractivity contribution is 0.273. The summed E-state index contributed by atoms with van der Waals surface area (Å²) >= 11 is 12.1. The summed E-state index contributed by atoms with van der Waals surface area (Å²) in [6.45, 7) is 3.52. The summed E-state index contributed by atoms with van der Waals surface area (Å²) in [5, 5.41) is 1.33. The zero-order chi connectivity index (χ0) is 11.5. The first kappa shape index (κ1) is 10.9. The van der Waals surface area contributed by atoms with E-state index in [0.29, 0.717) is 21.5 Å². The van der Waals surface area contributed by atoms with E-state index in [2.05, 4.69) is 31.0 Å². The van der Waals surface area contributed by atoms with Gasteiger partial charge in [-0.2, -0.15) is 0 Å². The topological polar surface area (TPSA) is 3.24 Å². The Hall–Kier alpha value is -0.240.